The number of carbonyl (C=O) groups is 10. The van der Waals surface area contributed by atoms with E-state index in [-0.39, 0.29) is 126 Å². The maximum Gasteiger partial charge on any atom is 0.326 e. The highest BCUT2D eigenvalue weighted by molar-refractivity contribution is 7.92. The molecule has 1 aromatic heterocycles. The molecule has 0 saturated heterocycles. The number of carbonyl (C=O) groups excluding carboxylic acids is 7. The standard InChI is InChI=1S/C55H94N8O17S/c1-55(2,3)46(66)38-41(52(71)72)22-17-18-32-57-51(70)39-80-36-35-79-34-20-24-42(64)28-29-44(53(73)74)59-50(69)31-30-45(54(75)76)58-49(68)26-19-33-56-48(67)27-21-37-81(77,78)40-43(65)23-15-13-11-9-7-5-4-6-8-10-12-14-16-25-47-60-62-63-61-47/h41,44-45H,4-40H2,1-3H3,(H,56,67)(H,57,70)(H,58,68)(H,59,69)(H,71,72)(H,73,74)(H,75,76)(H,60,61,62,63)/t41-,44?,45?/m1/s1. The average Bonchev–Trinajstić information content (AvgIpc) is 3.92. The molecule has 0 bridgehead atoms. The van der Waals surface area contributed by atoms with Crippen LogP contribution in [0.25, 0.3) is 0 Å². The molecule has 1 rings (SSSR count). The number of aromatic nitrogens is 4. The van der Waals surface area contributed by atoms with Gasteiger partial charge in [0.25, 0.3) is 0 Å². The zero-order chi connectivity index (χ0) is 60.3. The molecule has 462 valence electrons. The molecule has 3 atom stereocenters. The molecule has 1 heterocycles. The van der Waals surface area contributed by atoms with Gasteiger partial charge in [-0.3, -0.25) is 38.4 Å². The summed E-state index contributed by atoms with van der Waals surface area (Å²) in [6.07, 6.45) is 15.8. The number of hydrogen-bond donors (Lipinski definition) is 8. The van der Waals surface area contributed by atoms with E-state index >= 15 is 0 Å². The van der Waals surface area contributed by atoms with Crippen LogP contribution < -0.4 is 21.3 Å². The lowest BCUT2D eigenvalue weighted by atomic mass is 9.84. The van der Waals surface area contributed by atoms with Crippen LogP contribution in [-0.4, -0.2) is 166 Å². The van der Waals surface area contributed by atoms with Gasteiger partial charge >= 0.3 is 17.9 Å². The van der Waals surface area contributed by atoms with Crippen molar-refractivity contribution >= 4 is 68.7 Å². The van der Waals surface area contributed by atoms with E-state index in [0.29, 0.717) is 38.6 Å². The predicted molar refractivity (Wildman–Crippen MR) is 298 cm³/mol. The Balaban J connectivity index is 2.13. The number of nitrogens with zero attached hydrogens (tertiary/aromatic N) is 3. The molecule has 2 unspecified atom stereocenters. The number of Topliss-reactive ketones (excluding diaryl/α,β-unsaturated/α-hetero) is 3. The van der Waals surface area contributed by atoms with Gasteiger partial charge in [0.05, 0.1) is 24.9 Å². The number of nitrogens with one attached hydrogen (secondary N) is 5. The lowest BCUT2D eigenvalue weighted by molar-refractivity contribution is -0.145. The maximum atomic E-state index is 12.6. The Morgan fingerprint density at radius 1 is 0.531 bits per heavy atom. The summed E-state index contributed by atoms with van der Waals surface area (Å²) in [4.78, 5) is 122. The molecule has 0 spiro atoms. The minimum Gasteiger partial charge on any atom is -0.481 e. The minimum absolute atomic E-state index is 0.0161. The molecule has 0 aromatic carbocycles. The molecule has 26 heteroatoms. The topological polar surface area (TPSA) is 387 Å². The van der Waals surface area contributed by atoms with Gasteiger partial charge in [0.15, 0.2) is 15.7 Å². The summed E-state index contributed by atoms with van der Waals surface area (Å²) in [6.45, 7) is 5.83. The van der Waals surface area contributed by atoms with E-state index in [9.17, 15) is 71.7 Å². The number of amides is 4. The van der Waals surface area contributed by atoms with E-state index < -0.39 is 81.1 Å². The first-order valence-corrected chi connectivity index (χ1v) is 30.8. The van der Waals surface area contributed by atoms with E-state index in [0.717, 1.165) is 44.3 Å². The normalized spacial score (nSPS) is 12.7. The zero-order valence-electron chi connectivity index (χ0n) is 48.2. The van der Waals surface area contributed by atoms with Crippen LogP contribution in [0.3, 0.4) is 0 Å². The number of aryl methyl sites for hydroxylation is 1. The monoisotopic (exact) mass is 1170 g/mol. The van der Waals surface area contributed by atoms with E-state index in [1.807, 2.05) is 0 Å². The second-order valence-electron chi connectivity index (χ2n) is 21.7. The highest BCUT2D eigenvalue weighted by atomic mass is 32.2. The van der Waals surface area contributed by atoms with E-state index in [1.165, 1.54) is 44.9 Å². The van der Waals surface area contributed by atoms with Crippen molar-refractivity contribution in [2.45, 2.75) is 219 Å². The number of aliphatic carboxylic acids is 3. The molecule has 0 aliphatic carbocycles. The summed E-state index contributed by atoms with van der Waals surface area (Å²) in [7, 11) is -3.68. The number of rotatable bonds is 53. The Morgan fingerprint density at radius 2 is 1.06 bits per heavy atom. The molecule has 4 amide bonds. The van der Waals surface area contributed by atoms with E-state index in [1.54, 1.807) is 20.8 Å². The number of unbranched alkanes of at least 4 members (excludes halogenated alkanes) is 13. The van der Waals surface area contributed by atoms with Crippen LogP contribution in [0, 0.1) is 11.3 Å². The number of carboxylic acids is 3. The minimum atomic E-state index is -3.68. The van der Waals surface area contributed by atoms with Gasteiger partial charge in [-0.15, -0.1) is 10.2 Å². The Hall–Kier alpha value is -5.76. The number of ether oxygens (including phenoxy) is 2. The molecule has 0 radical (unpaired) electrons. The first kappa shape index (κ1) is 73.3. The molecule has 0 fully saturated rings. The van der Waals surface area contributed by atoms with Crippen molar-refractivity contribution < 1.29 is 81.2 Å². The first-order valence-electron chi connectivity index (χ1n) is 28.9. The van der Waals surface area contributed by atoms with Crippen molar-refractivity contribution in [1.29, 1.82) is 0 Å². The van der Waals surface area contributed by atoms with Gasteiger partial charge in [-0.05, 0) is 57.8 Å². The smallest absolute Gasteiger partial charge is 0.326 e. The Labute approximate surface area is 477 Å². The van der Waals surface area contributed by atoms with Gasteiger partial charge in [-0.25, -0.2) is 18.0 Å². The van der Waals surface area contributed by atoms with Crippen LogP contribution in [0.15, 0.2) is 0 Å². The lowest BCUT2D eigenvalue weighted by Crippen LogP contribution is -2.44. The van der Waals surface area contributed by atoms with Crippen molar-refractivity contribution in [2.24, 2.45) is 11.3 Å². The predicted octanol–water partition coefficient (Wildman–Crippen LogP) is 4.94. The highest BCUT2D eigenvalue weighted by Gasteiger charge is 2.28. The van der Waals surface area contributed by atoms with Crippen LogP contribution in [0.4, 0.5) is 0 Å². The van der Waals surface area contributed by atoms with Crippen molar-refractivity contribution in [2.75, 3.05) is 51.0 Å². The highest BCUT2D eigenvalue weighted by Crippen LogP contribution is 2.23. The quantitative estimate of drug-likeness (QED) is 0.0400. The van der Waals surface area contributed by atoms with Crippen LogP contribution in [0.5, 0.6) is 0 Å². The first-order chi connectivity index (χ1) is 38.5. The molecule has 1 aromatic rings. The van der Waals surface area contributed by atoms with Gasteiger partial charge in [0.1, 0.15) is 41.8 Å². The van der Waals surface area contributed by atoms with Gasteiger partial charge in [0, 0.05) is 76.5 Å². The van der Waals surface area contributed by atoms with Gasteiger partial charge < -0.3 is 46.1 Å². The summed E-state index contributed by atoms with van der Waals surface area (Å²) < 4.78 is 35.7. The molecule has 81 heavy (non-hydrogen) atoms. The summed E-state index contributed by atoms with van der Waals surface area (Å²) in [5.74, 6) is -7.73. The van der Waals surface area contributed by atoms with Crippen LogP contribution in [0.1, 0.15) is 206 Å². The van der Waals surface area contributed by atoms with Crippen LogP contribution in [-0.2, 0) is 73.7 Å². The van der Waals surface area contributed by atoms with Crippen LogP contribution in [0.2, 0.25) is 0 Å². The lowest BCUT2D eigenvalue weighted by Gasteiger charge is -2.19. The number of carboxylic acid groups (broad SMARTS) is 3. The molecule has 8 N–H and O–H groups in total. The fourth-order valence-electron chi connectivity index (χ4n) is 8.39. The van der Waals surface area contributed by atoms with Gasteiger partial charge in [-0.2, -0.15) is 5.21 Å². The third kappa shape index (κ3) is 41.0. The summed E-state index contributed by atoms with van der Waals surface area (Å²) >= 11 is 0. The average molecular weight is 1170 g/mol. The van der Waals surface area contributed by atoms with E-state index in [4.69, 9.17) is 9.47 Å². The molecular formula is C55H94N8O17S. The third-order valence-corrected chi connectivity index (χ3v) is 15.0. The number of sulfone groups is 1. The molecule has 25 nitrogen and oxygen atoms in total. The van der Waals surface area contributed by atoms with Gasteiger partial charge in [0.2, 0.25) is 23.6 Å². The second kappa shape index (κ2) is 43.9. The molecule has 0 aliphatic rings. The van der Waals surface area contributed by atoms with Crippen molar-refractivity contribution in [1.82, 2.24) is 41.9 Å². The van der Waals surface area contributed by atoms with Gasteiger partial charge in [-0.1, -0.05) is 103 Å². The third-order valence-electron chi connectivity index (χ3n) is 13.3. The number of aromatic amines is 1. The Bertz CT molecular complexity index is 2150. The fraction of sp³-hybridized carbons (Fsp3) is 0.800. The Kier molecular flexibility index (Phi) is 39.7. The molecule has 0 aliphatic heterocycles. The number of hydrogen-bond acceptors (Lipinski definition) is 17. The number of tetrazole rings is 1. The number of H-pyrrole nitrogens is 1. The van der Waals surface area contributed by atoms with Crippen molar-refractivity contribution in [3.05, 3.63) is 5.82 Å². The summed E-state index contributed by atoms with van der Waals surface area (Å²) in [5.41, 5.74) is -0.616. The summed E-state index contributed by atoms with van der Waals surface area (Å²) in [6, 6.07) is -2.91. The van der Waals surface area contributed by atoms with E-state index in [2.05, 4.69) is 41.9 Å². The molecule has 0 saturated carbocycles. The Morgan fingerprint density at radius 3 is 1.64 bits per heavy atom. The van der Waals surface area contributed by atoms with Crippen molar-refractivity contribution in [3.8, 4) is 0 Å². The maximum absolute atomic E-state index is 12.6. The zero-order valence-corrected chi connectivity index (χ0v) is 49.0. The SMILES string of the molecule is CC(C)(C)C(=O)C[C@@H](CCCCNC(=O)COCCOCCCC(=O)CCC(NC(=O)CCC(NC(=O)CCCNC(=O)CCCS(=O)(=O)CC(=O)CCCCCCCCCCCCCCCc1nn[nH]n1)C(=O)O)C(=O)O)C(=O)O. The summed E-state index contributed by atoms with van der Waals surface area (Å²) in [5, 5.41) is 52.5. The number of ketones is 3. The second-order valence-corrected chi connectivity index (χ2v) is 23.9. The van der Waals surface area contributed by atoms with Crippen LogP contribution >= 0.6 is 0 Å². The largest absolute Gasteiger partial charge is 0.481 e. The van der Waals surface area contributed by atoms with Crippen molar-refractivity contribution in [3.63, 3.8) is 0 Å². The molecular weight excluding hydrogens is 1080 g/mol. The fourth-order valence-corrected chi connectivity index (χ4v) is 9.76.